The van der Waals surface area contributed by atoms with Gasteiger partial charge < -0.3 is 15.0 Å². The Hall–Kier alpha value is -2.53. The Kier molecular flexibility index (Phi) is 7.19. The molecule has 11 heteroatoms. The van der Waals surface area contributed by atoms with E-state index in [1.807, 2.05) is 13.8 Å². The van der Waals surface area contributed by atoms with Crippen LogP contribution in [-0.2, 0) is 10.5 Å². The van der Waals surface area contributed by atoms with E-state index in [1.165, 1.54) is 47.4 Å². The largest absolute Gasteiger partial charge is 0.573 e. The number of halogens is 3. The van der Waals surface area contributed by atoms with Gasteiger partial charge in [-0.05, 0) is 51.0 Å². The SMILES string of the molecule is Cc1sc2nc(CSC(C)C(=O)NC(C)c3ccc(OC(F)(F)F)cc3)[nH]c(=O)c2c1C. The second kappa shape index (κ2) is 9.53. The molecule has 3 aromatic rings. The first-order chi connectivity index (χ1) is 14.9. The first-order valence-electron chi connectivity index (χ1n) is 9.71. The first kappa shape index (κ1) is 24.1. The Balaban J connectivity index is 1.58. The average Bonchev–Trinajstić information content (AvgIpc) is 2.99. The van der Waals surface area contributed by atoms with E-state index in [0.717, 1.165) is 10.4 Å². The Labute approximate surface area is 190 Å². The van der Waals surface area contributed by atoms with Crippen molar-refractivity contribution >= 4 is 39.2 Å². The van der Waals surface area contributed by atoms with E-state index < -0.39 is 17.7 Å². The number of nitrogens with zero attached hydrogens (tertiary/aromatic N) is 1. The number of carbonyl (C=O) groups is 1. The van der Waals surface area contributed by atoms with Crippen LogP contribution in [0.25, 0.3) is 10.2 Å². The number of rotatable bonds is 7. The van der Waals surface area contributed by atoms with Gasteiger partial charge in [0.05, 0.1) is 22.4 Å². The Morgan fingerprint density at radius 1 is 1.25 bits per heavy atom. The molecule has 0 spiro atoms. The Morgan fingerprint density at radius 3 is 2.53 bits per heavy atom. The van der Waals surface area contributed by atoms with Crippen LogP contribution in [-0.4, -0.2) is 27.5 Å². The van der Waals surface area contributed by atoms with Gasteiger partial charge >= 0.3 is 6.36 Å². The van der Waals surface area contributed by atoms with Gasteiger partial charge in [0.2, 0.25) is 5.91 Å². The Bertz CT molecular complexity index is 1170. The molecule has 0 aliphatic rings. The number of aromatic amines is 1. The third kappa shape index (κ3) is 5.83. The number of hydrogen-bond donors (Lipinski definition) is 2. The number of thioether (sulfide) groups is 1. The fraction of sp³-hybridized carbons (Fsp3) is 0.381. The van der Waals surface area contributed by atoms with Gasteiger partial charge in [-0.3, -0.25) is 9.59 Å². The molecule has 1 amide bonds. The summed E-state index contributed by atoms with van der Waals surface area (Å²) in [6, 6.07) is 4.94. The molecule has 0 saturated carbocycles. The molecule has 0 bridgehead atoms. The summed E-state index contributed by atoms with van der Waals surface area (Å²) in [5, 5.41) is 3.01. The number of ether oxygens (including phenoxy) is 1. The molecular formula is C21H22F3N3O3S2. The zero-order chi connectivity index (χ0) is 23.6. The lowest BCUT2D eigenvalue weighted by Crippen LogP contribution is -2.33. The molecule has 2 aromatic heterocycles. The third-order valence-corrected chi connectivity index (χ3v) is 7.16. The first-order valence-corrected chi connectivity index (χ1v) is 11.6. The predicted molar refractivity (Wildman–Crippen MR) is 120 cm³/mol. The highest BCUT2D eigenvalue weighted by atomic mass is 32.2. The molecule has 0 saturated heterocycles. The van der Waals surface area contributed by atoms with E-state index in [1.54, 1.807) is 13.8 Å². The van der Waals surface area contributed by atoms with Crippen LogP contribution in [0.5, 0.6) is 5.75 Å². The van der Waals surface area contributed by atoms with Crippen molar-refractivity contribution in [2.24, 2.45) is 0 Å². The van der Waals surface area contributed by atoms with Crippen LogP contribution in [0.2, 0.25) is 0 Å². The second-order valence-corrected chi connectivity index (χ2v) is 9.81. The van der Waals surface area contributed by atoms with Crippen molar-refractivity contribution in [3.63, 3.8) is 0 Å². The number of benzene rings is 1. The van der Waals surface area contributed by atoms with E-state index in [4.69, 9.17) is 0 Å². The van der Waals surface area contributed by atoms with Gasteiger partial charge in [-0.15, -0.1) is 36.3 Å². The van der Waals surface area contributed by atoms with Crippen LogP contribution in [0.1, 0.15) is 41.7 Å². The van der Waals surface area contributed by atoms with E-state index in [-0.39, 0.29) is 17.2 Å². The summed E-state index contributed by atoms with van der Waals surface area (Å²) in [4.78, 5) is 33.9. The quantitative estimate of drug-likeness (QED) is 0.492. The summed E-state index contributed by atoms with van der Waals surface area (Å²) in [7, 11) is 0. The number of carbonyl (C=O) groups excluding carboxylic acids is 1. The highest BCUT2D eigenvalue weighted by Gasteiger charge is 2.31. The number of amides is 1. The van der Waals surface area contributed by atoms with Crippen LogP contribution in [0.4, 0.5) is 13.2 Å². The van der Waals surface area contributed by atoms with Gasteiger partial charge in [0.15, 0.2) is 0 Å². The molecule has 2 N–H and O–H groups in total. The number of fused-ring (bicyclic) bond motifs is 1. The van der Waals surface area contributed by atoms with Crippen molar-refractivity contribution in [2.45, 2.75) is 51.1 Å². The number of thiophene rings is 1. The van der Waals surface area contributed by atoms with Crippen molar-refractivity contribution in [2.75, 3.05) is 0 Å². The summed E-state index contributed by atoms with van der Waals surface area (Å²) in [6.45, 7) is 7.32. The predicted octanol–water partition coefficient (Wildman–Crippen LogP) is 5.00. The summed E-state index contributed by atoms with van der Waals surface area (Å²) < 4.78 is 40.7. The monoisotopic (exact) mass is 485 g/mol. The molecule has 0 fully saturated rings. The van der Waals surface area contributed by atoms with Gasteiger partial charge in [-0.2, -0.15) is 0 Å². The van der Waals surface area contributed by atoms with Crippen LogP contribution in [0.15, 0.2) is 29.1 Å². The molecule has 1 aromatic carbocycles. The van der Waals surface area contributed by atoms with Gasteiger partial charge in [0, 0.05) is 4.88 Å². The van der Waals surface area contributed by atoms with Crippen molar-refractivity contribution in [1.29, 1.82) is 0 Å². The van der Waals surface area contributed by atoms with Gasteiger partial charge in [0.25, 0.3) is 5.56 Å². The van der Waals surface area contributed by atoms with Crippen LogP contribution in [0.3, 0.4) is 0 Å². The molecule has 172 valence electrons. The number of nitrogens with one attached hydrogen (secondary N) is 2. The second-order valence-electron chi connectivity index (χ2n) is 7.28. The maximum atomic E-state index is 12.5. The lowest BCUT2D eigenvalue weighted by Gasteiger charge is -2.18. The smallest absolute Gasteiger partial charge is 0.406 e. The average molecular weight is 486 g/mol. The molecule has 3 rings (SSSR count). The van der Waals surface area contributed by atoms with Crippen molar-refractivity contribution < 1.29 is 22.7 Å². The standard InChI is InChI=1S/C21H22F3N3O3S2/c1-10-12(3)32-20-17(10)19(29)26-16(27-20)9-31-13(4)18(28)25-11(2)14-5-7-15(8-6-14)30-21(22,23)24/h5-8,11,13H,9H2,1-4H3,(H,25,28)(H,26,27,29). The molecule has 0 aliphatic heterocycles. The molecule has 32 heavy (non-hydrogen) atoms. The fourth-order valence-electron chi connectivity index (χ4n) is 3.02. The van der Waals surface area contributed by atoms with E-state index in [0.29, 0.717) is 27.4 Å². The number of hydrogen-bond acceptors (Lipinski definition) is 6. The zero-order valence-corrected chi connectivity index (χ0v) is 19.4. The van der Waals surface area contributed by atoms with Crippen molar-refractivity contribution in [3.8, 4) is 5.75 Å². The molecule has 0 aliphatic carbocycles. The normalized spacial score (nSPS) is 13.7. The van der Waals surface area contributed by atoms with Gasteiger partial charge in [-0.1, -0.05) is 12.1 Å². The lowest BCUT2D eigenvalue weighted by molar-refractivity contribution is -0.274. The van der Waals surface area contributed by atoms with Crippen LogP contribution < -0.4 is 15.6 Å². The molecule has 2 unspecified atom stereocenters. The number of H-pyrrole nitrogens is 1. The Morgan fingerprint density at radius 2 is 1.91 bits per heavy atom. The lowest BCUT2D eigenvalue weighted by atomic mass is 10.1. The third-order valence-electron chi connectivity index (χ3n) is 4.90. The number of alkyl halides is 3. The molecule has 6 nitrogen and oxygen atoms in total. The van der Waals surface area contributed by atoms with E-state index in [9.17, 15) is 22.8 Å². The minimum Gasteiger partial charge on any atom is -0.406 e. The summed E-state index contributed by atoms with van der Waals surface area (Å²) >= 11 is 2.79. The summed E-state index contributed by atoms with van der Waals surface area (Å²) in [6.07, 6.45) is -4.75. The van der Waals surface area contributed by atoms with E-state index >= 15 is 0 Å². The summed E-state index contributed by atoms with van der Waals surface area (Å²) in [5.74, 6) is 0.303. The highest BCUT2D eigenvalue weighted by molar-refractivity contribution is 7.99. The minimum absolute atomic E-state index is 0.184. The maximum Gasteiger partial charge on any atom is 0.573 e. The van der Waals surface area contributed by atoms with Crippen molar-refractivity contribution in [1.82, 2.24) is 15.3 Å². The van der Waals surface area contributed by atoms with E-state index in [2.05, 4.69) is 20.0 Å². The minimum atomic E-state index is -4.75. The van der Waals surface area contributed by atoms with Crippen molar-refractivity contribution in [3.05, 3.63) is 56.4 Å². The number of aryl methyl sites for hydroxylation is 2. The zero-order valence-electron chi connectivity index (χ0n) is 17.8. The number of aromatic nitrogens is 2. The molecule has 0 radical (unpaired) electrons. The molecular weight excluding hydrogens is 463 g/mol. The van der Waals surface area contributed by atoms with Crippen LogP contribution >= 0.6 is 23.1 Å². The van der Waals surface area contributed by atoms with Gasteiger partial charge in [0.1, 0.15) is 16.4 Å². The molecule has 2 atom stereocenters. The highest BCUT2D eigenvalue weighted by Crippen LogP contribution is 2.27. The topological polar surface area (TPSA) is 84.1 Å². The van der Waals surface area contributed by atoms with Gasteiger partial charge in [-0.25, -0.2) is 4.98 Å². The van der Waals surface area contributed by atoms with Crippen LogP contribution in [0, 0.1) is 13.8 Å². The summed E-state index contributed by atoms with van der Waals surface area (Å²) in [5.41, 5.74) is 1.39. The fourth-order valence-corrected chi connectivity index (χ4v) is 4.83. The maximum absolute atomic E-state index is 12.5. The molecule has 2 heterocycles.